The lowest BCUT2D eigenvalue weighted by atomic mass is 10.1. The van der Waals surface area contributed by atoms with E-state index in [1.54, 1.807) is 34.1 Å². The van der Waals surface area contributed by atoms with E-state index in [2.05, 4.69) is 5.32 Å². The Balaban J connectivity index is 1.62. The van der Waals surface area contributed by atoms with Crippen LogP contribution in [0.1, 0.15) is 31.8 Å². The molecule has 2 aromatic rings. The summed E-state index contributed by atoms with van der Waals surface area (Å²) in [6.07, 6.45) is 0.806. The van der Waals surface area contributed by atoms with Crippen LogP contribution in [-0.4, -0.2) is 54.2 Å². The molecule has 0 atom stereocenters. The first-order valence-corrected chi connectivity index (χ1v) is 8.99. The average Bonchev–Trinajstić information content (AvgIpc) is 2.72. The second-order valence-electron chi connectivity index (χ2n) is 6.68. The third kappa shape index (κ3) is 4.73. The molecule has 1 saturated heterocycles. The molecule has 1 aliphatic heterocycles. The minimum Gasteiger partial charge on any atom is -0.348 e. The van der Waals surface area contributed by atoms with Gasteiger partial charge in [0.2, 0.25) is 6.41 Å². The van der Waals surface area contributed by atoms with Crippen molar-refractivity contribution in [1.82, 2.24) is 15.1 Å². The smallest absolute Gasteiger partial charge is 0.253 e. The summed E-state index contributed by atoms with van der Waals surface area (Å²) in [4.78, 5) is 39.3. The van der Waals surface area contributed by atoms with Gasteiger partial charge in [0, 0.05) is 43.9 Å². The van der Waals surface area contributed by atoms with E-state index in [1.807, 2.05) is 31.2 Å². The van der Waals surface area contributed by atoms with E-state index in [0.29, 0.717) is 43.9 Å². The van der Waals surface area contributed by atoms with Gasteiger partial charge in [-0.2, -0.15) is 0 Å². The van der Waals surface area contributed by atoms with Crippen LogP contribution in [0.4, 0.5) is 0 Å². The van der Waals surface area contributed by atoms with Crippen molar-refractivity contribution in [3.8, 4) is 0 Å². The molecule has 2 aromatic carbocycles. The molecule has 140 valence electrons. The summed E-state index contributed by atoms with van der Waals surface area (Å²) < 4.78 is 0. The molecule has 1 N–H and O–H groups in total. The van der Waals surface area contributed by atoms with Gasteiger partial charge in [-0.15, -0.1) is 0 Å². The maximum absolute atomic E-state index is 12.7. The van der Waals surface area contributed by atoms with Crippen molar-refractivity contribution in [2.75, 3.05) is 26.2 Å². The number of carbonyl (C=O) groups is 3. The van der Waals surface area contributed by atoms with Crippen LogP contribution < -0.4 is 5.32 Å². The van der Waals surface area contributed by atoms with Gasteiger partial charge in [0.15, 0.2) is 0 Å². The molecular weight excluding hydrogens is 342 g/mol. The summed E-state index contributed by atoms with van der Waals surface area (Å²) in [7, 11) is 0. The summed E-state index contributed by atoms with van der Waals surface area (Å²) in [5.74, 6) is -0.329. The van der Waals surface area contributed by atoms with Crippen molar-refractivity contribution in [1.29, 1.82) is 0 Å². The summed E-state index contributed by atoms with van der Waals surface area (Å²) >= 11 is 0. The van der Waals surface area contributed by atoms with Crippen LogP contribution >= 0.6 is 0 Å². The fourth-order valence-electron chi connectivity index (χ4n) is 3.00. The molecule has 27 heavy (non-hydrogen) atoms. The van der Waals surface area contributed by atoms with Gasteiger partial charge in [0.05, 0.1) is 0 Å². The minimum atomic E-state index is -0.212. The second-order valence-corrected chi connectivity index (χ2v) is 6.68. The fraction of sp³-hybridized carbons (Fsp3) is 0.286. The molecule has 6 heteroatoms. The molecule has 6 nitrogen and oxygen atoms in total. The lowest BCUT2D eigenvalue weighted by molar-refractivity contribution is -0.119. The molecule has 1 fully saturated rings. The average molecular weight is 365 g/mol. The van der Waals surface area contributed by atoms with Crippen LogP contribution in [0, 0.1) is 6.92 Å². The number of hydrogen-bond acceptors (Lipinski definition) is 3. The van der Waals surface area contributed by atoms with Crippen molar-refractivity contribution < 1.29 is 14.4 Å². The standard InChI is InChI=1S/C21H23N3O3/c1-16-5-7-17(8-6-16)14-22-20(26)18-3-2-4-19(13-18)21(27)24-11-9-23(15-25)10-12-24/h2-8,13,15H,9-12,14H2,1H3,(H,22,26). The number of rotatable bonds is 5. The van der Waals surface area contributed by atoms with Gasteiger partial charge in [-0.05, 0) is 30.7 Å². The van der Waals surface area contributed by atoms with Gasteiger partial charge in [-0.25, -0.2) is 0 Å². The van der Waals surface area contributed by atoms with Gasteiger partial charge < -0.3 is 15.1 Å². The Morgan fingerprint density at radius 3 is 2.33 bits per heavy atom. The van der Waals surface area contributed by atoms with Gasteiger partial charge in [0.1, 0.15) is 0 Å². The summed E-state index contributed by atoms with van der Waals surface area (Å²) in [6.45, 7) is 4.52. The SMILES string of the molecule is Cc1ccc(CNC(=O)c2cccc(C(=O)N3CCN(C=O)CC3)c2)cc1. The predicted octanol–water partition coefficient (Wildman–Crippen LogP) is 1.84. The van der Waals surface area contributed by atoms with E-state index >= 15 is 0 Å². The van der Waals surface area contributed by atoms with E-state index < -0.39 is 0 Å². The first kappa shape index (κ1) is 18.6. The number of aryl methyl sites for hydroxylation is 1. The van der Waals surface area contributed by atoms with E-state index in [-0.39, 0.29) is 11.8 Å². The third-order valence-electron chi connectivity index (χ3n) is 4.70. The van der Waals surface area contributed by atoms with E-state index in [9.17, 15) is 14.4 Å². The fourth-order valence-corrected chi connectivity index (χ4v) is 3.00. The Hall–Kier alpha value is -3.15. The molecule has 0 unspecified atom stereocenters. The van der Waals surface area contributed by atoms with Crippen LogP contribution in [0.3, 0.4) is 0 Å². The van der Waals surface area contributed by atoms with E-state index in [0.717, 1.165) is 12.0 Å². The Morgan fingerprint density at radius 2 is 1.67 bits per heavy atom. The molecule has 0 bridgehead atoms. The highest BCUT2D eigenvalue weighted by Crippen LogP contribution is 2.11. The van der Waals surface area contributed by atoms with Gasteiger partial charge >= 0.3 is 0 Å². The Bertz CT molecular complexity index is 825. The molecule has 0 radical (unpaired) electrons. The minimum absolute atomic E-state index is 0.117. The van der Waals surface area contributed by atoms with Crippen LogP contribution in [-0.2, 0) is 11.3 Å². The Kier molecular flexibility index (Phi) is 5.86. The second kappa shape index (κ2) is 8.49. The first-order valence-electron chi connectivity index (χ1n) is 8.99. The summed E-state index contributed by atoms with van der Waals surface area (Å²) in [5, 5.41) is 2.88. The first-order chi connectivity index (χ1) is 13.1. The normalized spacial score (nSPS) is 14.0. The molecule has 0 spiro atoms. The van der Waals surface area contributed by atoms with Crippen molar-refractivity contribution in [3.05, 3.63) is 70.8 Å². The monoisotopic (exact) mass is 365 g/mol. The number of amides is 3. The quantitative estimate of drug-likeness (QED) is 0.822. The predicted molar refractivity (Wildman–Crippen MR) is 102 cm³/mol. The highest BCUT2D eigenvalue weighted by atomic mass is 16.2. The van der Waals surface area contributed by atoms with Gasteiger partial charge in [0.25, 0.3) is 11.8 Å². The zero-order chi connectivity index (χ0) is 19.2. The van der Waals surface area contributed by atoms with Crippen LogP contribution in [0.15, 0.2) is 48.5 Å². The topological polar surface area (TPSA) is 69.7 Å². The number of piperazine rings is 1. The van der Waals surface area contributed by atoms with Crippen molar-refractivity contribution in [3.63, 3.8) is 0 Å². The molecule has 0 aliphatic carbocycles. The van der Waals surface area contributed by atoms with Crippen LogP contribution in [0.5, 0.6) is 0 Å². The molecule has 1 aliphatic rings. The third-order valence-corrected chi connectivity index (χ3v) is 4.70. The summed E-state index contributed by atoms with van der Waals surface area (Å²) in [5.41, 5.74) is 3.14. The lowest BCUT2D eigenvalue weighted by Crippen LogP contribution is -2.48. The zero-order valence-electron chi connectivity index (χ0n) is 15.4. The molecule has 1 heterocycles. The van der Waals surface area contributed by atoms with Crippen LogP contribution in [0.25, 0.3) is 0 Å². The lowest BCUT2D eigenvalue weighted by Gasteiger charge is -2.32. The van der Waals surface area contributed by atoms with E-state index in [1.165, 1.54) is 5.56 Å². The van der Waals surface area contributed by atoms with Crippen molar-refractivity contribution in [2.24, 2.45) is 0 Å². The number of carbonyl (C=O) groups excluding carboxylic acids is 3. The van der Waals surface area contributed by atoms with Crippen LogP contribution in [0.2, 0.25) is 0 Å². The van der Waals surface area contributed by atoms with Gasteiger partial charge in [-0.3, -0.25) is 14.4 Å². The Morgan fingerprint density at radius 1 is 1.00 bits per heavy atom. The zero-order valence-corrected chi connectivity index (χ0v) is 15.4. The number of hydrogen-bond donors (Lipinski definition) is 1. The highest BCUT2D eigenvalue weighted by Gasteiger charge is 2.21. The summed E-state index contributed by atoms with van der Waals surface area (Å²) in [6, 6.07) is 14.7. The molecule has 0 aromatic heterocycles. The molecule has 0 saturated carbocycles. The maximum atomic E-state index is 12.7. The Labute approximate surface area is 158 Å². The molecule has 3 rings (SSSR count). The number of nitrogens with one attached hydrogen (secondary N) is 1. The largest absolute Gasteiger partial charge is 0.348 e. The number of benzene rings is 2. The maximum Gasteiger partial charge on any atom is 0.253 e. The van der Waals surface area contributed by atoms with Crippen molar-refractivity contribution >= 4 is 18.2 Å². The van der Waals surface area contributed by atoms with Gasteiger partial charge in [-0.1, -0.05) is 35.9 Å². The highest BCUT2D eigenvalue weighted by molar-refractivity contribution is 5.99. The molecular formula is C21H23N3O3. The molecule has 3 amide bonds. The number of nitrogens with zero attached hydrogens (tertiary/aromatic N) is 2. The van der Waals surface area contributed by atoms with Crippen molar-refractivity contribution in [2.45, 2.75) is 13.5 Å². The van der Waals surface area contributed by atoms with E-state index in [4.69, 9.17) is 0 Å².